The lowest BCUT2D eigenvalue weighted by molar-refractivity contribution is 0.0987. The molecule has 6 nitrogen and oxygen atoms in total. The first-order valence-electron chi connectivity index (χ1n) is 8.02. The molecule has 0 saturated heterocycles. The summed E-state index contributed by atoms with van der Waals surface area (Å²) in [5, 5.41) is 3.41. The largest absolute Gasteiger partial charge is 0.497 e. The van der Waals surface area contributed by atoms with Gasteiger partial charge in [0.05, 0.1) is 19.8 Å². The number of hydrogen-bond donors (Lipinski definition) is 1. The van der Waals surface area contributed by atoms with E-state index in [-0.39, 0.29) is 17.5 Å². The highest BCUT2D eigenvalue weighted by Crippen LogP contribution is 2.32. The van der Waals surface area contributed by atoms with Gasteiger partial charge in [0.15, 0.2) is 22.9 Å². The summed E-state index contributed by atoms with van der Waals surface area (Å²) in [4.78, 5) is 24.4. The quantitative estimate of drug-likeness (QED) is 0.695. The van der Waals surface area contributed by atoms with Crippen LogP contribution in [0.25, 0.3) is 11.0 Å². The summed E-state index contributed by atoms with van der Waals surface area (Å²) in [5.41, 5.74) is 2.32. The number of carbonyl (C=O) groups is 2. The second-order valence-corrected chi connectivity index (χ2v) is 5.86. The van der Waals surface area contributed by atoms with Crippen LogP contribution in [0.1, 0.15) is 33.4 Å². The number of anilines is 1. The Kier molecular flexibility index (Phi) is 4.67. The van der Waals surface area contributed by atoms with Gasteiger partial charge in [-0.25, -0.2) is 0 Å². The van der Waals surface area contributed by atoms with Gasteiger partial charge in [-0.15, -0.1) is 0 Å². The first kappa shape index (κ1) is 17.5. The minimum absolute atomic E-state index is 0.180. The number of fused-ring (bicyclic) bond motifs is 1. The van der Waals surface area contributed by atoms with Crippen LogP contribution in [0.4, 0.5) is 5.69 Å². The molecule has 0 radical (unpaired) electrons. The Morgan fingerprint density at radius 2 is 1.81 bits per heavy atom. The fourth-order valence-corrected chi connectivity index (χ4v) is 2.72. The number of furan rings is 1. The van der Waals surface area contributed by atoms with Crippen molar-refractivity contribution in [2.75, 3.05) is 19.5 Å². The number of amides is 1. The summed E-state index contributed by atoms with van der Waals surface area (Å²) in [7, 11) is 3.10. The number of benzene rings is 2. The van der Waals surface area contributed by atoms with Crippen LogP contribution < -0.4 is 14.8 Å². The van der Waals surface area contributed by atoms with Crippen LogP contribution in [0.5, 0.6) is 11.5 Å². The van der Waals surface area contributed by atoms with E-state index in [0.29, 0.717) is 33.7 Å². The molecule has 0 bridgehead atoms. The molecular formula is C20H19NO5. The van der Waals surface area contributed by atoms with E-state index < -0.39 is 0 Å². The van der Waals surface area contributed by atoms with Crippen molar-refractivity contribution in [1.29, 1.82) is 0 Å². The summed E-state index contributed by atoms with van der Waals surface area (Å²) in [6.07, 6.45) is 0. The maximum atomic E-state index is 12.8. The van der Waals surface area contributed by atoms with Gasteiger partial charge in [0.2, 0.25) is 0 Å². The molecule has 1 aromatic heterocycles. The van der Waals surface area contributed by atoms with E-state index in [1.54, 1.807) is 37.4 Å². The fourth-order valence-electron chi connectivity index (χ4n) is 2.72. The van der Waals surface area contributed by atoms with Gasteiger partial charge < -0.3 is 19.2 Å². The van der Waals surface area contributed by atoms with E-state index in [4.69, 9.17) is 13.9 Å². The first-order chi connectivity index (χ1) is 12.4. The van der Waals surface area contributed by atoms with Gasteiger partial charge in [0.25, 0.3) is 5.91 Å². The van der Waals surface area contributed by atoms with Crippen molar-refractivity contribution < 1.29 is 23.5 Å². The Morgan fingerprint density at radius 1 is 1.04 bits per heavy atom. The Balaban J connectivity index is 2.02. The van der Waals surface area contributed by atoms with E-state index >= 15 is 0 Å². The average Bonchev–Trinajstić information content (AvgIpc) is 3.08. The van der Waals surface area contributed by atoms with E-state index in [9.17, 15) is 9.59 Å². The first-order valence-corrected chi connectivity index (χ1v) is 8.02. The van der Waals surface area contributed by atoms with Crippen LogP contribution in [0.15, 0.2) is 40.8 Å². The smallest absolute Gasteiger partial charge is 0.256 e. The standard InChI is InChI=1S/C20H19NO5/c1-11-9-13(24-3)5-7-16(11)21-20(23)14-6-8-17(25-4)19-15(14)10-18(26-19)12(2)22/h5-10H,1-4H3,(H,21,23). The molecule has 0 spiro atoms. The van der Waals surface area contributed by atoms with Crippen LogP contribution in [0, 0.1) is 6.92 Å². The van der Waals surface area contributed by atoms with E-state index in [1.165, 1.54) is 14.0 Å². The Morgan fingerprint density at radius 3 is 2.42 bits per heavy atom. The van der Waals surface area contributed by atoms with Gasteiger partial charge in [-0.3, -0.25) is 9.59 Å². The van der Waals surface area contributed by atoms with Gasteiger partial charge >= 0.3 is 0 Å². The zero-order valence-electron chi connectivity index (χ0n) is 15.0. The highest BCUT2D eigenvalue weighted by molar-refractivity contribution is 6.14. The predicted octanol–water partition coefficient (Wildman–Crippen LogP) is 4.21. The summed E-state index contributed by atoms with van der Waals surface area (Å²) in [6, 6.07) is 10.3. The lowest BCUT2D eigenvalue weighted by Gasteiger charge is -2.11. The third-order valence-electron chi connectivity index (χ3n) is 4.14. The predicted molar refractivity (Wildman–Crippen MR) is 98.5 cm³/mol. The van der Waals surface area contributed by atoms with Crippen molar-refractivity contribution in [3.05, 3.63) is 53.3 Å². The highest BCUT2D eigenvalue weighted by atomic mass is 16.5. The van der Waals surface area contributed by atoms with Gasteiger partial charge in [-0.2, -0.15) is 0 Å². The lowest BCUT2D eigenvalue weighted by Crippen LogP contribution is -2.13. The number of methoxy groups -OCH3 is 2. The second kappa shape index (κ2) is 6.92. The van der Waals surface area contributed by atoms with Crippen LogP contribution in [-0.2, 0) is 0 Å². The summed E-state index contributed by atoms with van der Waals surface area (Å²) < 4.78 is 16.0. The summed E-state index contributed by atoms with van der Waals surface area (Å²) in [6.45, 7) is 3.29. The molecule has 3 rings (SSSR count). The van der Waals surface area contributed by atoms with Gasteiger partial charge in [-0.05, 0) is 48.9 Å². The fraction of sp³-hybridized carbons (Fsp3) is 0.200. The monoisotopic (exact) mass is 353 g/mol. The molecule has 1 N–H and O–H groups in total. The van der Waals surface area contributed by atoms with Crippen LogP contribution in [0.3, 0.4) is 0 Å². The molecule has 0 aliphatic carbocycles. The van der Waals surface area contributed by atoms with Crippen molar-refractivity contribution in [3.63, 3.8) is 0 Å². The molecule has 1 heterocycles. The van der Waals surface area contributed by atoms with Crippen molar-refractivity contribution in [2.45, 2.75) is 13.8 Å². The maximum Gasteiger partial charge on any atom is 0.256 e. The Hall–Kier alpha value is -3.28. The van der Waals surface area contributed by atoms with Gasteiger partial charge in [-0.1, -0.05) is 0 Å². The molecular weight excluding hydrogens is 334 g/mol. The Bertz CT molecular complexity index is 1000. The van der Waals surface area contributed by atoms with Crippen molar-refractivity contribution in [2.24, 2.45) is 0 Å². The zero-order chi connectivity index (χ0) is 18.8. The summed E-state index contributed by atoms with van der Waals surface area (Å²) >= 11 is 0. The number of ketones is 1. The number of hydrogen-bond acceptors (Lipinski definition) is 5. The molecule has 0 aliphatic rings. The molecule has 2 aromatic carbocycles. The number of nitrogens with one attached hydrogen (secondary N) is 1. The molecule has 26 heavy (non-hydrogen) atoms. The zero-order valence-corrected chi connectivity index (χ0v) is 15.0. The van der Waals surface area contributed by atoms with Crippen LogP contribution in [0.2, 0.25) is 0 Å². The average molecular weight is 353 g/mol. The molecule has 0 saturated carbocycles. The molecule has 0 unspecified atom stereocenters. The normalized spacial score (nSPS) is 10.6. The maximum absolute atomic E-state index is 12.8. The number of Topliss-reactive ketones (excluding diaryl/α,β-unsaturated/α-hetero) is 1. The number of aryl methyl sites for hydroxylation is 1. The molecule has 6 heteroatoms. The van der Waals surface area contributed by atoms with Crippen LogP contribution in [-0.4, -0.2) is 25.9 Å². The molecule has 0 aliphatic heterocycles. The Labute approximate surface area is 150 Å². The molecule has 1 amide bonds. The third-order valence-corrected chi connectivity index (χ3v) is 4.14. The second-order valence-electron chi connectivity index (χ2n) is 5.86. The molecule has 0 atom stereocenters. The molecule has 3 aromatic rings. The van der Waals surface area contributed by atoms with Crippen molar-refractivity contribution in [3.8, 4) is 11.5 Å². The van der Waals surface area contributed by atoms with Gasteiger partial charge in [0, 0.05) is 18.0 Å². The molecule has 134 valence electrons. The topological polar surface area (TPSA) is 77.8 Å². The number of carbonyl (C=O) groups excluding carboxylic acids is 2. The molecule has 0 fully saturated rings. The SMILES string of the molecule is COc1ccc(NC(=O)c2ccc(OC)c3oc(C(C)=O)cc23)c(C)c1. The highest BCUT2D eigenvalue weighted by Gasteiger charge is 2.19. The van der Waals surface area contributed by atoms with Crippen LogP contribution >= 0.6 is 0 Å². The number of ether oxygens (including phenoxy) is 2. The minimum atomic E-state index is -0.304. The van der Waals surface area contributed by atoms with Crippen molar-refractivity contribution >= 4 is 28.3 Å². The van der Waals surface area contributed by atoms with Gasteiger partial charge in [0.1, 0.15) is 5.75 Å². The minimum Gasteiger partial charge on any atom is -0.497 e. The summed E-state index contributed by atoms with van der Waals surface area (Å²) in [5.74, 6) is 0.833. The lowest BCUT2D eigenvalue weighted by atomic mass is 10.1. The van der Waals surface area contributed by atoms with E-state index in [2.05, 4.69) is 5.32 Å². The van der Waals surface area contributed by atoms with Crippen molar-refractivity contribution in [1.82, 2.24) is 0 Å². The van der Waals surface area contributed by atoms with E-state index in [0.717, 1.165) is 5.56 Å². The third kappa shape index (κ3) is 3.13. The van der Waals surface area contributed by atoms with E-state index in [1.807, 2.05) is 13.0 Å². The number of rotatable bonds is 5.